The highest BCUT2D eigenvalue weighted by Gasteiger charge is 2.30. The number of aromatic nitrogens is 1. The van der Waals surface area contributed by atoms with E-state index in [4.69, 9.17) is 11.6 Å². The molecule has 1 aromatic heterocycles. The first-order chi connectivity index (χ1) is 10.8. The highest BCUT2D eigenvalue weighted by molar-refractivity contribution is 7.15. The number of carbonyl (C=O) groups excluding carboxylic acids is 1. The molecule has 5 heteroatoms. The van der Waals surface area contributed by atoms with Crippen molar-refractivity contribution >= 4 is 34.0 Å². The molecule has 0 aliphatic heterocycles. The van der Waals surface area contributed by atoms with E-state index >= 15 is 0 Å². The van der Waals surface area contributed by atoms with Crippen LogP contribution in [0.15, 0.2) is 24.3 Å². The van der Waals surface area contributed by atoms with Gasteiger partial charge in [0.05, 0.1) is 5.69 Å². The van der Waals surface area contributed by atoms with Crippen molar-refractivity contribution in [1.29, 1.82) is 0 Å². The third kappa shape index (κ3) is 3.75. The summed E-state index contributed by atoms with van der Waals surface area (Å²) in [6.07, 6.45) is 3.24. The summed E-state index contributed by atoms with van der Waals surface area (Å²) in [5.74, 6) is 0.537. The van der Waals surface area contributed by atoms with Crippen LogP contribution in [0.2, 0.25) is 5.02 Å². The zero-order chi connectivity index (χ0) is 16.6. The van der Waals surface area contributed by atoms with Gasteiger partial charge in [-0.05, 0) is 54.9 Å². The minimum absolute atomic E-state index is 0.139. The van der Waals surface area contributed by atoms with E-state index in [2.05, 4.69) is 31.1 Å². The Labute approximate surface area is 146 Å². The topological polar surface area (TPSA) is 42.0 Å². The summed E-state index contributed by atoms with van der Waals surface area (Å²) in [6, 6.07) is 6.89. The van der Waals surface area contributed by atoms with Crippen LogP contribution in [-0.2, 0) is 12.8 Å². The zero-order valence-corrected chi connectivity index (χ0v) is 15.2. The first-order valence-electron chi connectivity index (χ1n) is 7.88. The summed E-state index contributed by atoms with van der Waals surface area (Å²) >= 11 is 7.47. The molecular weight excluding hydrogens is 328 g/mol. The fourth-order valence-electron chi connectivity index (χ4n) is 2.94. The molecule has 0 saturated carbocycles. The maximum Gasteiger partial charge on any atom is 0.257 e. The van der Waals surface area contributed by atoms with Crippen LogP contribution < -0.4 is 5.32 Å². The van der Waals surface area contributed by atoms with Crippen molar-refractivity contribution < 1.29 is 4.79 Å². The quantitative estimate of drug-likeness (QED) is 0.810. The van der Waals surface area contributed by atoms with Crippen molar-refractivity contribution in [3.8, 4) is 0 Å². The molecule has 23 heavy (non-hydrogen) atoms. The lowest BCUT2D eigenvalue weighted by Crippen LogP contribution is -2.26. The van der Waals surface area contributed by atoms with Crippen LogP contribution in [0.1, 0.15) is 48.1 Å². The molecule has 1 aliphatic rings. The number of fused-ring (bicyclic) bond motifs is 1. The summed E-state index contributed by atoms with van der Waals surface area (Å²) in [5, 5.41) is 4.24. The Hall–Kier alpha value is -1.39. The molecule has 1 aromatic carbocycles. The third-order valence-corrected chi connectivity index (χ3v) is 5.78. The van der Waals surface area contributed by atoms with Crippen molar-refractivity contribution in [3.05, 3.63) is 45.4 Å². The van der Waals surface area contributed by atoms with E-state index in [-0.39, 0.29) is 5.91 Å². The number of halogens is 1. The fourth-order valence-corrected chi connectivity index (χ4v) is 4.15. The number of rotatable bonds is 2. The lowest BCUT2D eigenvalue weighted by atomic mass is 9.73. The average molecular weight is 349 g/mol. The lowest BCUT2D eigenvalue weighted by Gasteiger charge is -2.33. The molecule has 0 fully saturated rings. The second-order valence-corrected chi connectivity index (χ2v) is 8.68. The van der Waals surface area contributed by atoms with Crippen molar-refractivity contribution in [2.45, 2.75) is 40.0 Å². The largest absolute Gasteiger partial charge is 0.298 e. The molecule has 1 amide bonds. The molecule has 0 spiro atoms. The molecule has 3 nitrogen and oxygen atoms in total. The summed E-state index contributed by atoms with van der Waals surface area (Å²) in [7, 11) is 0. The molecule has 1 N–H and O–H groups in total. The van der Waals surface area contributed by atoms with Gasteiger partial charge in [-0.1, -0.05) is 32.4 Å². The molecule has 0 bridgehead atoms. The van der Waals surface area contributed by atoms with Gasteiger partial charge >= 0.3 is 0 Å². The van der Waals surface area contributed by atoms with Crippen LogP contribution in [0.4, 0.5) is 5.13 Å². The van der Waals surface area contributed by atoms with Gasteiger partial charge in [-0.2, -0.15) is 0 Å². The van der Waals surface area contributed by atoms with E-state index in [1.54, 1.807) is 35.6 Å². The van der Waals surface area contributed by atoms with E-state index in [1.807, 2.05) is 0 Å². The summed E-state index contributed by atoms with van der Waals surface area (Å²) in [6.45, 7) is 6.90. The number of hydrogen-bond acceptors (Lipinski definition) is 3. The van der Waals surface area contributed by atoms with Crippen molar-refractivity contribution in [2.24, 2.45) is 11.3 Å². The first-order valence-corrected chi connectivity index (χ1v) is 9.08. The normalized spacial score (nSPS) is 17.7. The lowest BCUT2D eigenvalue weighted by molar-refractivity contribution is 0.102. The van der Waals surface area contributed by atoms with E-state index in [0.717, 1.165) is 18.5 Å². The van der Waals surface area contributed by atoms with Gasteiger partial charge in [0.1, 0.15) is 0 Å². The van der Waals surface area contributed by atoms with E-state index < -0.39 is 0 Å². The number of nitrogens with one attached hydrogen (secondary N) is 1. The van der Waals surface area contributed by atoms with E-state index in [0.29, 0.717) is 27.1 Å². The molecule has 3 rings (SSSR count). The Morgan fingerprint density at radius 1 is 1.30 bits per heavy atom. The maximum absolute atomic E-state index is 12.3. The number of aryl methyl sites for hydroxylation is 1. The highest BCUT2D eigenvalue weighted by atomic mass is 35.5. The fraction of sp³-hybridized carbons (Fsp3) is 0.444. The van der Waals surface area contributed by atoms with Crippen LogP contribution in [0.5, 0.6) is 0 Å². The molecule has 122 valence electrons. The second-order valence-electron chi connectivity index (χ2n) is 7.16. The van der Waals surface area contributed by atoms with Crippen LogP contribution in [0, 0.1) is 11.3 Å². The number of amides is 1. The smallest absolute Gasteiger partial charge is 0.257 e. The summed E-state index contributed by atoms with van der Waals surface area (Å²) < 4.78 is 0. The molecular formula is C18H21ClN2OS. The molecule has 0 saturated heterocycles. The van der Waals surface area contributed by atoms with Gasteiger partial charge in [-0.3, -0.25) is 10.1 Å². The first kappa shape index (κ1) is 16.5. The maximum atomic E-state index is 12.3. The average Bonchev–Trinajstić information content (AvgIpc) is 2.88. The van der Waals surface area contributed by atoms with Crippen molar-refractivity contribution in [2.75, 3.05) is 5.32 Å². The molecule has 1 atom stereocenters. The minimum atomic E-state index is -0.139. The molecule has 1 aliphatic carbocycles. The standard InChI is InChI=1S/C18H21ClN2OS/c1-18(2,3)12-6-9-14-15(10-12)23-17(20-14)21-16(22)11-4-7-13(19)8-5-11/h4-5,7-8,12H,6,9-10H2,1-3H3,(H,20,21,22)/t12-/m0/s1. The molecule has 2 aromatic rings. The van der Waals surface area contributed by atoms with Gasteiger partial charge in [-0.15, -0.1) is 11.3 Å². The van der Waals surface area contributed by atoms with Gasteiger partial charge in [0.25, 0.3) is 5.91 Å². The third-order valence-electron chi connectivity index (χ3n) is 4.49. The predicted molar refractivity (Wildman–Crippen MR) is 96.5 cm³/mol. The van der Waals surface area contributed by atoms with Crippen LogP contribution in [-0.4, -0.2) is 10.9 Å². The second kappa shape index (κ2) is 6.25. The number of thiazole rings is 1. The van der Waals surface area contributed by atoms with Gasteiger partial charge in [0, 0.05) is 15.5 Å². The van der Waals surface area contributed by atoms with Gasteiger partial charge in [0.15, 0.2) is 5.13 Å². The Balaban J connectivity index is 1.72. The Morgan fingerprint density at radius 2 is 2.00 bits per heavy atom. The van der Waals surface area contributed by atoms with E-state index in [9.17, 15) is 4.79 Å². The van der Waals surface area contributed by atoms with Crippen LogP contribution in [0.3, 0.4) is 0 Å². The van der Waals surface area contributed by atoms with Crippen molar-refractivity contribution in [1.82, 2.24) is 4.98 Å². The summed E-state index contributed by atoms with van der Waals surface area (Å²) in [4.78, 5) is 18.2. The minimum Gasteiger partial charge on any atom is -0.298 e. The molecule has 0 unspecified atom stereocenters. The Bertz CT molecular complexity index is 716. The van der Waals surface area contributed by atoms with Crippen molar-refractivity contribution in [3.63, 3.8) is 0 Å². The van der Waals surface area contributed by atoms with E-state index in [1.165, 1.54) is 11.3 Å². The van der Waals surface area contributed by atoms with Gasteiger partial charge in [0.2, 0.25) is 0 Å². The number of carbonyl (C=O) groups is 1. The van der Waals surface area contributed by atoms with Crippen LogP contribution >= 0.6 is 22.9 Å². The van der Waals surface area contributed by atoms with Crippen LogP contribution in [0.25, 0.3) is 0 Å². The number of nitrogens with zero attached hydrogens (tertiary/aromatic N) is 1. The zero-order valence-electron chi connectivity index (χ0n) is 13.6. The van der Waals surface area contributed by atoms with Gasteiger partial charge in [-0.25, -0.2) is 4.98 Å². The number of anilines is 1. The number of benzene rings is 1. The van der Waals surface area contributed by atoms with Gasteiger partial charge < -0.3 is 0 Å². The Morgan fingerprint density at radius 3 is 2.65 bits per heavy atom. The highest BCUT2D eigenvalue weighted by Crippen LogP contribution is 2.40. The molecule has 1 heterocycles. The monoisotopic (exact) mass is 348 g/mol. The predicted octanol–water partition coefficient (Wildman–Crippen LogP) is 5.20. The SMILES string of the molecule is CC(C)(C)[C@H]1CCc2nc(NC(=O)c3ccc(Cl)cc3)sc2C1. The Kier molecular flexibility index (Phi) is 4.47. The summed E-state index contributed by atoms with van der Waals surface area (Å²) in [5.41, 5.74) is 2.06. The number of hydrogen-bond donors (Lipinski definition) is 1. The molecule has 0 radical (unpaired) electrons.